The number of halogens is 2. The van der Waals surface area contributed by atoms with Gasteiger partial charge in [0.05, 0.1) is 10.6 Å². The molecular weight excluding hydrogens is 325 g/mol. The molecule has 0 amide bonds. The van der Waals surface area contributed by atoms with Crippen molar-refractivity contribution in [2.45, 2.75) is 38.6 Å². The Balaban J connectivity index is 2.33. The summed E-state index contributed by atoms with van der Waals surface area (Å²) in [6.45, 7) is 6.44. The number of rotatable bonds is 4. The molecule has 3 nitrogen and oxygen atoms in total. The topological polar surface area (TPSA) is 37.8 Å². The minimum Gasteiger partial charge on any atom is -0.312 e. The van der Waals surface area contributed by atoms with E-state index in [1.807, 2.05) is 19.2 Å². The highest BCUT2D eigenvalue weighted by Crippen LogP contribution is 2.33. The van der Waals surface area contributed by atoms with E-state index in [9.17, 15) is 0 Å². The Bertz CT molecular complexity index is 620. The third-order valence-corrected chi connectivity index (χ3v) is 4.76. The number of hydrogen-bond donors (Lipinski definition) is 1. The standard InChI is InChI=1S/C15H19Cl2N3S/c1-15(2,3)14-13(21-20-19-14)12(18-4)8-9-7-10(16)5-6-11(9)17/h5-7,12,18H,8H2,1-4H3. The minimum absolute atomic E-state index is 0.0322. The second-order valence-corrected chi connectivity index (χ2v) is 7.65. The zero-order valence-corrected chi connectivity index (χ0v) is 14.9. The molecule has 0 fully saturated rings. The molecule has 0 radical (unpaired) electrons. The monoisotopic (exact) mass is 343 g/mol. The highest BCUT2D eigenvalue weighted by molar-refractivity contribution is 7.05. The first kappa shape index (κ1) is 16.7. The maximum atomic E-state index is 6.27. The molecule has 2 rings (SSSR count). The van der Waals surface area contributed by atoms with Crippen LogP contribution in [0.3, 0.4) is 0 Å². The molecule has 0 aliphatic rings. The van der Waals surface area contributed by atoms with Crippen LogP contribution >= 0.6 is 34.7 Å². The Labute approximate surface area is 139 Å². The third kappa shape index (κ3) is 3.95. The molecule has 0 aliphatic carbocycles. The van der Waals surface area contributed by atoms with Crippen molar-refractivity contribution in [3.8, 4) is 0 Å². The van der Waals surface area contributed by atoms with Gasteiger partial charge in [0.2, 0.25) is 0 Å². The van der Waals surface area contributed by atoms with Crippen molar-refractivity contribution in [3.63, 3.8) is 0 Å². The molecular formula is C15H19Cl2N3S. The summed E-state index contributed by atoms with van der Waals surface area (Å²) in [4.78, 5) is 1.15. The molecule has 1 atom stereocenters. The van der Waals surface area contributed by atoms with Gasteiger partial charge < -0.3 is 5.32 Å². The SMILES string of the molecule is CNC(Cc1cc(Cl)ccc1Cl)c1snnc1C(C)(C)C. The number of hydrogen-bond acceptors (Lipinski definition) is 4. The van der Waals surface area contributed by atoms with Crippen LogP contribution < -0.4 is 5.32 Å². The summed E-state index contributed by atoms with van der Waals surface area (Å²) in [5, 5.41) is 9.08. The average molecular weight is 344 g/mol. The molecule has 6 heteroatoms. The summed E-state index contributed by atoms with van der Waals surface area (Å²) in [5.41, 5.74) is 2.03. The first-order valence-electron chi connectivity index (χ1n) is 6.77. The highest BCUT2D eigenvalue weighted by Gasteiger charge is 2.27. The molecule has 1 aromatic carbocycles. The summed E-state index contributed by atoms with van der Waals surface area (Å²) in [6.07, 6.45) is 0.753. The van der Waals surface area contributed by atoms with Gasteiger partial charge in [-0.1, -0.05) is 48.5 Å². The van der Waals surface area contributed by atoms with E-state index in [0.29, 0.717) is 5.02 Å². The summed E-state index contributed by atoms with van der Waals surface area (Å²) in [6, 6.07) is 5.67. The normalized spacial score (nSPS) is 13.4. The lowest BCUT2D eigenvalue weighted by Crippen LogP contribution is -2.23. The molecule has 1 heterocycles. The zero-order chi connectivity index (χ0) is 15.6. The van der Waals surface area contributed by atoms with Gasteiger partial charge in [0.1, 0.15) is 0 Å². The van der Waals surface area contributed by atoms with E-state index in [2.05, 4.69) is 35.7 Å². The lowest BCUT2D eigenvalue weighted by Gasteiger charge is -2.22. The number of aromatic nitrogens is 2. The Hall–Kier alpha value is -0.680. The minimum atomic E-state index is -0.0322. The number of likely N-dealkylation sites (N-methyl/N-ethyl adjacent to an activating group) is 1. The second kappa shape index (κ2) is 6.61. The van der Waals surface area contributed by atoms with Crippen LogP contribution in [0.5, 0.6) is 0 Å². The van der Waals surface area contributed by atoms with Gasteiger partial charge in [-0.05, 0) is 48.8 Å². The maximum Gasteiger partial charge on any atom is 0.0857 e. The van der Waals surface area contributed by atoms with Gasteiger partial charge in [-0.25, -0.2) is 0 Å². The van der Waals surface area contributed by atoms with Gasteiger partial charge >= 0.3 is 0 Å². The van der Waals surface area contributed by atoms with Crippen LogP contribution in [-0.4, -0.2) is 16.6 Å². The number of nitrogens with zero attached hydrogens (tertiary/aromatic N) is 2. The van der Waals surface area contributed by atoms with Gasteiger partial charge in [-0.15, -0.1) is 5.10 Å². The van der Waals surface area contributed by atoms with Crippen LogP contribution in [0, 0.1) is 0 Å². The number of nitrogens with one attached hydrogen (secondary N) is 1. The van der Waals surface area contributed by atoms with Crippen LogP contribution in [-0.2, 0) is 11.8 Å². The van der Waals surface area contributed by atoms with Crippen LogP contribution in [0.15, 0.2) is 18.2 Å². The fourth-order valence-corrected chi connectivity index (χ4v) is 3.55. The Morgan fingerprint density at radius 1 is 1.29 bits per heavy atom. The quantitative estimate of drug-likeness (QED) is 0.878. The fourth-order valence-electron chi connectivity index (χ4n) is 2.19. The largest absolute Gasteiger partial charge is 0.312 e. The molecule has 0 saturated heterocycles. The molecule has 21 heavy (non-hydrogen) atoms. The lowest BCUT2D eigenvalue weighted by molar-refractivity contribution is 0.530. The summed E-state index contributed by atoms with van der Waals surface area (Å²) in [7, 11) is 1.94. The van der Waals surface area contributed by atoms with Gasteiger partial charge in [0.15, 0.2) is 0 Å². The van der Waals surface area contributed by atoms with Crippen LogP contribution in [0.1, 0.15) is 42.9 Å². The van der Waals surface area contributed by atoms with Crippen molar-refractivity contribution in [1.29, 1.82) is 0 Å². The Kier molecular flexibility index (Phi) is 5.25. The van der Waals surface area contributed by atoms with E-state index < -0.39 is 0 Å². The lowest BCUT2D eigenvalue weighted by atomic mass is 9.89. The molecule has 1 N–H and O–H groups in total. The fraction of sp³-hybridized carbons (Fsp3) is 0.467. The summed E-state index contributed by atoms with van der Waals surface area (Å²) >= 11 is 13.8. The van der Waals surface area contributed by atoms with Crippen LogP contribution in [0.25, 0.3) is 0 Å². The van der Waals surface area contributed by atoms with Crippen molar-refractivity contribution in [3.05, 3.63) is 44.4 Å². The van der Waals surface area contributed by atoms with Gasteiger partial charge in [0.25, 0.3) is 0 Å². The summed E-state index contributed by atoms with van der Waals surface area (Å²) < 4.78 is 4.13. The van der Waals surface area contributed by atoms with E-state index in [4.69, 9.17) is 23.2 Å². The average Bonchev–Trinajstić information content (AvgIpc) is 2.89. The predicted octanol–water partition coefficient (Wildman–Crippen LogP) is 4.65. The van der Waals surface area contributed by atoms with E-state index >= 15 is 0 Å². The maximum absolute atomic E-state index is 6.27. The van der Waals surface area contributed by atoms with Gasteiger partial charge in [0, 0.05) is 21.5 Å². The molecule has 0 bridgehead atoms. The molecule has 0 saturated carbocycles. The highest BCUT2D eigenvalue weighted by atomic mass is 35.5. The first-order chi connectivity index (χ1) is 9.82. The van der Waals surface area contributed by atoms with Crippen molar-refractivity contribution in [2.75, 3.05) is 7.05 Å². The van der Waals surface area contributed by atoms with Crippen LogP contribution in [0.4, 0.5) is 0 Å². The van der Waals surface area contributed by atoms with Gasteiger partial charge in [-0.2, -0.15) is 0 Å². The van der Waals surface area contributed by atoms with Gasteiger partial charge in [-0.3, -0.25) is 0 Å². The molecule has 2 aromatic rings. The third-order valence-electron chi connectivity index (χ3n) is 3.32. The van der Waals surface area contributed by atoms with Crippen molar-refractivity contribution in [1.82, 2.24) is 14.9 Å². The van der Waals surface area contributed by atoms with E-state index in [1.165, 1.54) is 11.5 Å². The summed E-state index contributed by atoms with van der Waals surface area (Å²) in [5.74, 6) is 0. The Morgan fingerprint density at radius 2 is 2.00 bits per heavy atom. The van der Waals surface area contributed by atoms with E-state index in [0.717, 1.165) is 27.6 Å². The van der Waals surface area contributed by atoms with Crippen molar-refractivity contribution in [2.24, 2.45) is 0 Å². The van der Waals surface area contributed by atoms with E-state index in [-0.39, 0.29) is 11.5 Å². The second-order valence-electron chi connectivity index (χ2n) is 6.02. The number of benzene rings is 1. The van der Waals surface area contributed by atoms with E-state index in [1.54, 1.807) is 6.07 Å². The molecule has 1 aromatic heterocycles. The predicted molar refractivity (Wildman–Crippen MR) is 90.6 cm³/mol. The molecule has 1 unspecified atom stereocenters. The molecule has 0 spiro atoms. The zero-order valence-electron chi connectivity index (χ0n) is 12.6. The Morgan fingerprint density at radius 3 is 2.62 bits per heavy atom. The smallest absolute Gasteiger partial charge is 0.0857 e. The molecule has 0 aliphatic heterocycles. The van der Waals surface area contributed by atoms with Crippen molar-refractivity contribution < 1.29 is 0 Å². The van der Waals surface area contributed by atoms with Crippen molar-refractivity contribution >= 4 is 34.7 Å². The van der Waals surface area contributed by atoms with Crippen LogP contribution in [0.2, 0.25) is 10.0 Å². The molecule has 114 valence electrons. The first-order valence-corrected chi connectivity index (χ1v) is 8.29.